The summed E-state index contributed by atoms with van der Waals surface area (Å²) in [6.07, 6.45) is 1.81. The minimum absolute atomic E-state index is 0.107. The zero-order valence-electron chi connectivity index (χ0n) is 16.4. The average Bonchev–Trinajstić information content (AvgIpc) is 2.62. The van der Waals surface area contributed by atoms with Crippen LogP contribution in [0.1, 0.15) is 12.8 Å². The molecule has 0 saturated carbocycles. The van der Waals surface area contributed by atoms with E-state index in [1.54, 1.807) is 19.2 Å². The molecule has 1 saturated heterocycles. The van der Waals surface area contributed by atoms with E-state index < -0.39 is 10.0 Å². The quantitative estimate of drug-likeness (QED) is 0.652. The van der Waals surface area contributed by atoms with E-state index in [2.05, 4.69) is 10.2 Å². The van der Waals surface area contributed by atoms with Gasteiger partial charge in [-0.2, -0.15) is 4.31 Å². The zero-order chi connectivity index (χ0) is 20.0. The number of hydrogen-bond donors (Lipinski definition) is 2. The summed E-state index contributed by atoms with van der Waals surface area (Å²) in [6.45, 7) is 3.02. The van der Waals surface area contributed by atoms with E-state index in [0.29, 0.717) is 25.3 Å². The molecule has 0 atom stereocenters. The Kier molecular flexibility index (Phi) is 7.75. The molecular formula is C18H31N5O3S. The minimum atomic E-state index is -3.53. The van der Waals surface area contributed by atoms with Crippen molar-refractivity contribution in [3.05, 3.63) is 24.3 Å². The number of sulfonamides is 1. The van der Waals surface area contributed by atoms with Crippen LogP contribution < -0.4 is 11.1 Å². The van der Waals surface area contributed by atoms with E-state index in [4.69, 9.17) is 5.73 Å². The highest BCUT2D eigenvalue weighted by molar-refractivity contribution is 7.89. The molecule has 8 nitrogen and oxygen atoms in total. The van der Waals surface area contributed by atoms with Crippen LogP contribution in [0.25, 0.3) is 0 Å². The van der Waals surface area contributed by atoms with Gasteiger partial charge in [0.05, 0.1) is 11.4 Å². The maximum absolute atomic E-state index is 12.6. The molecule has 1 heterocycles. The average molecular weight is 398 g/mol. The first kappa shape index (κ1) is 21.8. The summed E-state index contributed by atoms with van der Waals surface area (Å²) in [7, 11) is 1.83. The Morgan fingerprint density at radius 1 is 1.15 bits per heavy atom. The van der Waals surface area contributed by atoms with Crippen molar-refractivity contribution in [3.63, 3.8) is 0 Å². The van der Waals surface area contributed by atoms with E-state index in [9.17, 15) is 13.2 Å². The van der Waals surface area contributed by atoms with Crippen LogP contribution in [0.3, 0.4) is 0 Å². The standard InChI is InChI=1S/C18H31N5O3S/c1-21(2)12-13-22(3)27(25,26)17-6-4-16(5-7-17)20-18(24)14-23-10-8-15(19)9-11-23/h4-7,15H,8-14,19H2,1-3H3,(H,20,24). The third-order valence-electron chi connectivity index (χ3n) is 4.71. The van der Waals surface area contributed by atoms with E-state index in [0.717, 1.165) is 25.9 Å². The number of benzene rings is 1. The molecule has 1 aromatic carbocycles. The van der Waals surface area contributed by atoms with E-state index in [-0.39, 0.29) is 16.8 Å². The summed E-state index contributed by atoms with van der Waals surface area (Å²) in [4.78, 5) is 16.4. The number of hydrogen-bond acceptors (Lipinski definition) is 6. The van der Waals surface area contributed by atoms with Crippen molar-refractivity contribution >= 4 is 21.6 Å². The Bertz CT molecular complexity index is 713. The SMILES string of the molecule is CN(C)CCN(C)S(=O)(=O)c1ccc(NC(=O)CN2CCC(N)CC2)cc1. The fraction of sp³-hybridized carbons (Fsp3) is 0.611. The van der Waals surface area contributed by atoms with Crippen LogP contribution in [-0.2, 0) is 14.8 Å². The zero-order valence-corrected chi connectivity index (χ0v) is 17.2. The van der Waals surface area contributed by atoms with Crippen LogP contribution in [0.5, 0.6) is 0 Å². The van der Waals surface area contributed by atoms with Gasteiger partial charge in [-0.15, -0.1) is 0 Å². The van der Waals surface area contributed by atoms with Crippen molar-refractivity contribution in [3.8, 4) is 0 Å². The number of nitrogens with two attached hydrogens (primary N) is 1. The number of nitrogens with one attached hydrogen (secondary N) is 1. The van der Waals surface area contributed by atoms with Crippen LogP contribution in [0.2, 0.25) is 0 Å². The van der Waals surface area contributed by atoms with Gasteiger partial charge >= 0.3 is 0 Å². The van der Waals surface area contributed by atoms with Crippen LogP contribution in [0.4, 0.5) is 5.69 Å². The lowest BCUT2D eigenvalue weighted by molar-refractivity contribution is -0.117. The Balaban J connectivity index is 1.91. The van der Waals surface area contributed by atoms with E-state index in [1.165, 1.54) is 16.4 Å². The maximum Gasteiger partial charge on any atom is 0.242 e. The molecular weight excluding hydrogens is 366 g/mol. The number of carbonyl (C=O) groups is 1. The van der Waals surface area contributed by atoms with Crippen molar-refractivity contribution in [1.82, 2.24) is 14.1 Å². The van der Waals surface area contributed by atoms with Crippen LogP contribution in [-0.4, -0.2) is 88.3 Å². The van der Waals surface area contributed by atoms with Crippen molar-refractivity contribution in [2.24, 2.45) is 5.73 Å². The van der Waals surface area contributed by atoms with Crippen molar-refractivity contribution in [2.45, 2.75) is 23.8 Å². The summed E-state index contributed by atoms with van der Waals surface area (Å²) in [5.74, 6) is -0.107. The van der Waals surface area contributed by atoms with Crippen LogP contribution >= 0.6 is 0 Å². The molecule has 152 valence electrons. The molecule has 1 aromatic rings. The summed E-state index contributed by atoms with van der Waals surface area (Å²) in [6, 6.07) is 6.52. The number of nitrogens with zero attached hydrogens (tertiary/aromatic N) is 3. The largest absolute Gasteiger partial charge is 0.328 e. The molecule has 2 rings (SSSR count). The van der Waals surface area contributed by atoms with E-state index in [1.807, 2.05) is 19.0 Å². The number of rotatable bonds is 8. The summed E-state index contributed by atoms with van der Waals surface area (Å²) >= 11 is 0. The number of amides is 1. The fourth-order valence-electron chi connectivity index (χ4n) is 2.87. The summed E-state index contributed by atoms with van der Waals surface area (Å²) in [5.41, 5.74) is 6.46. The second kappa shape index (κ2) is 9.61. The molecule has 1 fully saturated rings. The van der Waals surface area contributed by atoms with Crippen molar-refractivity contribution in [2.75, 3.05) is 59.2 Å². The van der Waals surface area contributed by atoms with Gasteiger partial charge in [0, 0.05) is 45.0 Å². The highest BCUT2D eigenvalue weighted by Crippen LogP contribution is 2.17. The first-order valence-corrected chi connectivity index (χ1v) is 10.6. The first-order chi connectivity index (χ1) is 12.7. The Morgan fingerprint density at radius 3 is 2.30 bits per heavy atom. The van der Waals surface area contributed by atoms with Gasteiger partial charge in [-0.1, -0.05) is 0 Å². The van der Waals surface area contributed by atoms with Gasteiger partial charge in [0.15, 0.2) is 0 Å². The molecule has 0 aromatic heterocycles. The summed E-state index contributed by atoms with van der Waals surface area (Å²) < 4.78 is 26.5. The molecule has 27 heavy (non-hydrogen) atoms. The third-order valence-corrected chi connectivity index (χ3v) is 6.58. The highest BCUT2D eigenvalue weighted by atomic mass is 32.2. The Morgan fingerprint density at radius 2 is 1.74 bits per heavy atom. The topological polar surface area (TPSA) is 99.0 Å². The van der Waals surface area contributed by atoms with Gasteiger partial charge in [-0.25, -0.2) is 8.42 Å². The number of likely N-dealkylation sites (tertiary alicyclic amines) is 1. The number of carbonyl (C=O) groups excluding carboxylic acids is 1. The number of likely N-dealkylation sites (N-methyl/N-ethyl adjacent to an activating group) is 2. The first-order valence-electron chi connectivity index (χ1n) is 9.17. The molecule has 0 radical (unpaired) electrons. The van der Waals surface area contributed by atoms with Gasteiger partial charge in [-0.3, -0.25) is 9.69 Å². The van der Waals surface area contributed by atoms with E-state index >= 15 is 0 Å². The molecule has 0 spiro atoms. The molecule has 1 amide bonds. The van der Waals surface area contributed by atoms with Crippen LogP contribution in [0.15, 0.2) is 29.2 Å². The smallest absolute Gasteiger partial charge is 0.242 e. The fourth-order valence-corrected chi connectivity index (χ4v) is 4.03. The molecule has 3 N–H and O–H groups in total. The monoisotopic (exact) mass is 397 g/mol. The highest BCUT2D eigenvalue weighted by Gasteiger charge is 2.21. The van der Waals surface area contributed by atoms with Gasteiger partial charge < -0.3 is 16.0 Å². The summed E-state index contributed by atoms with van der Waals surface area (Å²) in [5, 5.41) is 2.82. The van der Waals surface area contributed by atoms with Crippen LogP contribution in [0, 0.1) is 0 Å². The Hall–Kier alpha value is -1.52. The molecule has 0 aliphatic carbocycles. The van der Waals surface area contributed by atoms with Gasteiger partial charge in [0.25, 0.3) is 0 Å². The second-order valence-electron chi connectivity index (χ2n) is 7.32. The molecule has 1 aliphatic heterocycles. The van der Waals surface area contributed by atoms with Crippen molar-refractivity contribution < 1.29 is 13.2 Å². The predicted molar refractivity (Wildman–Crippen MR) is 107 cm³/mol. The number of piperidine rings is 1. The third kappa shape index (κ3) is 6.54. The molecule has 1 aliphatic rings. The van der Waals surface area contributed by atoms with Crippen molar-refractivity contribution in [1.29, 1.82) is 0 Å². The maximum atomic E-state index is 12.6. The lowest BCUT2D eigenvalue weighted by Crippen LogP contribution is -2.43. The number of anilines is 1. The van der Waals surface area contributed by atoms with Gasteiger partial charge in [0.2, 0.25) is 15.9 Å². The molecule has 0 bridgehead atoms. The van der Waals surface area contributed by atoms with Gasteiger partial charge in [0.1, 0.15) is 0 Å². The lowest BCUT2D eigenvalue weighted by atomic mass is 10.1. The molecule has 9 heteroatoms. The second-order valence-corrected chi connectivity index (χ2v) is 9.36. The minimum Gasteiger partial charge on any atom is -0.328 e. The lowest BCUT2D eigenvalue weighted by Gasteiger charge is -2.29. The Labute approximate surface area is 162 Å². The molecule has 0 unspecified atom stereocenters. The normalized spacial score (nSPS) is 16.8. The van der Waals surface area contributed by atoms with Gasteiger partial charge in [-0.05, 0) is 51.2 Å². The predicted octanol–water partition coefficient (Wildman–Crippen LogP) is 0.230.